The predicted octanol–water partition coefficient (Wildman–Crippen LogP) is 7.58. The molecule has 1 saturated carbocycles. The Balaban J connectivity index is 1.42. The van der Waals surface area contributed by atoms with Crippen molar-refractivity contribution in [1.29, 1.82) is 0 Å². The molecule has 3 fully saturated rings. The Morgan fingerprint density at radius 3 is 2.33 bits per heavy atom. The smallest absolute Gasteiger partial charge is 0.382 e. The number of amides is 2. The lowest BCUT2D eigenvalue weighted by Crippen LogP contribution is -2.49. The standard InChI is InChI=1S/C33H33F4N3O2/c1-20-11-16-25(19-26(20)33(35,36)37)40-31(42)32(40)17-6-18-39(30(41)28-21(2)7-5-10-27(28)34)29(32)22-12-14-24(15-13-22)38-23-8-3-4-9-23/h5,7,10-16,19,23,29,38H,3-4,6,8-9,17-18H2,1-2H3. The summed E-state index contributed by atoms with van der Waals surface area (Å²) >= 11 is 0. The fourth-order valence-electron chi connectivity index (χ4n) is 6.96. The predicted molar refractivity (Wildman–Crippen MR) is 153 cm³/mol. The Labute approximate surface area is 242 Å². The third kappa shape index (κ3) is 4.72. The third-order valence-corrected chi connectivity index (χ3v) is 9.08. The topological polar surface area (TPSA) is 52.4 Å². The van der Waals surface area contributed by atoms with Gasteiger partial charge in [-0.3, -0.25) is 14.5 Å². The van der Waals surface area contributed by atoms with Crippen LogP contribution >= 0.6 is 0 Å². The fraction of sp³-hybridized carbons (Fsp3) is 0.394. The molecule has 220 valence electrons. The maximum Gasteiger partial charge on any atom is 0.416 e. The van der Waals surface area contributed by atoms with E-state index in [1.54, 1.807) is 13.0 Å². The minimum Gasteiger partial charge on any atom is -0.382 e. The van der Waals surface area contributed by atoms with Crippen LogP contribution in [0.3, 0.4) is 0 Å². The molecule has 2 amide bonds. The minimum atomic E-state index is -4.58. The molecule has 2 unspecified atom stereocenters. The number of hydrogen-bond donors (Lipinski definition) is 1. The number of aryl methyl sites for hydroxylation is 2. The summed E-state index contributed by atoms with van der Waals surface area (Å²) in [6.45, 7) is 3.33. The van der Waals surface area contributed by atoms with Crippen LogP contribution in [0.25, 0.3) is 0 Å². The maximum atomic E-state index is 15.0. The highest BCUT2D eigenvalue weighted by Crippen LogP contribution is 2.56. The van der Waals surface area contributed by atoms with Crippen LogP contribution in [0.2, 0.25) is 0 Å². The van der Waals surface area contributed by atoms with Crippen LogP contribution in [-0.4, -0.2) is 34.8 Å². The van der Waals surface area contributed by atoms with E-state index in [4.69, 9.17) is 0 Å². The van der Waals surface area contributed by atoms with Crippen molar-refractivity contribution in [3.63, 3.8) is 0 Å². The molecule has 3 aromatic rings. The number of carbonyl (C=O) groups excluding carboxylic acids is 2. The van der Waals surface area contributed by atoms with Crippen LogP contribution in [-0.2, 0) is 11.0 Å². The van der Waals surface area contributed by atoms with Crippen LogP contribution < -0.4 is 10.2 Å². The summed E-state index contributed by atoms with van der Waals surface area (Å²) in [7, 11) is 0. The number of rotatable bonds is 5. The molecule has 0 bridgehead atoms. The van der Waals surface area contributed by atoms with Crippen molar-refractivity contribution >= 4 is 23.2 Å². The Morgan fingerprint density at radius 2 is 1.67 bits per heavy atom. The minimum absolute atomic E-state index is 0.0617. The van der Waals surface area contributed by atoms with Crippen molar-refractivity contribution in [3.8, 4) is 0 Å². The summed E-state index contributed by atoms with van der Waals surface area (Å²) in [5, 5.41) is 3.54. The summed E-state index contributed by atoms with van der Waals surface area (Å²) in [5.41, 5.74) is 0.144. The average Bonchev–Trinajstić information content (AvgIpc) is 3.24. The number of anilines is 2. The van der Waals surface area contributed by atoms with E-state index in [2.05, 4.69) is 5.32 Å². The van der Waals surface area contributed by atoms with Gasteiger partial charge >= 0.3 is 6.18 Å². The summed E-state index contributed by atoms with van der Waals surface area (Å²) < 4.78 is 56.4. The molecule has 3 aliphatic rings. The van der Waals surface area contributed by atoms with Gasteiger partial charge in [0.1, 0.15) is 5.82 Å². The largest absolute Gasteiger partial charge is 0.416 e. The Morgan fingerprint density at radius 1 is 0.952 bits per heavy atom. The van der Waals surface area contributed by atoms with Gasteiger partial charge in [-0.15, -0.1) is 0 Å². The van der Waals surface area contributed by atoms with E-state index in [-0.39, 0.29) is 29.3 Å². The number of likely N-dealkylation sites (tertiary alicyclic amines) is 1. The molecule has 3 aromatic carbocycles. The zero-order valence-corrected chi connectivity index (χ0v) is 23.6. The SMILES string of the molecule is Cc1ccc(N2C(=O)C23CCCN(C(=O)c2c(C)cccc2F)C3c2ccc(NC3CCCC3)cc2)cc1C(F)(F)F. The van der Waals surface area contributed by atoms with Gasteiger partial charge in [-0.1, -0.05) is 43.2 Å². The van der Waals surface area contributed by atoms with Crippen molar-refractivity contribution in [2.45, 2.75) is 76.2 Å². The zero-order valence-electron chi connectivity index (χ0n) is 23.6. The van der Waals surface area contributed by atoms with Gasteiger partial charge in [-0.25, -0.2) is 4.39 Å². The zero-order chi connectivity index (χ0) is 29.8. The summed E-state index contributed by atoms with van der Waals surface area (Å²) in [6, 6.07) is 15.5. The van der Waals surface area contributed by atoms with Crippen LogP contribution in [0, 0.1) is 19.7 Å². The monoisotopic (exact) mass is 579 g/mol. The highest BCUT2D eigenvalue weighted by atomic mass is 19.4. The summed E-state index contributed by atoms with van der Waals surface area (Å²) in [4.78, 5) is 30.7. The van der Waals surface area contributed by atoms with Crippen molar-refractivity contribution < 1.29 is 27.2 Å². The highest BCUT2D eigenvalue weighted by molar-refractivity contribution is 6.21. The number of alkyl halides is 3. The number of carbonyl (C=O) groups is 2. The fourth-order valence-corrected chi connectivity index (χ4v) is 6.96. The van der Waals surface area contributed by atoms with Crippen LogP contribution in [0.15, 0.2) is 60.7 Å². The molecule has 1 N–H and O–H groups in total. The van der Waals surface area contributed by atoms with Crippen LogP contribution in [0.1, 0.15) is 77.2 Å². The molecule has 9 heteroatoms. The quantitative estimate of drug-likeness (QED) is 0.251. The molecule has 5 nitrogen and oxygen atoms in total. The van der Waals surface area contributed by atoms with E-state index >= 15 is 4.39 Å². The number of piperidine rings is 1. The van der Waals surface area contributed by atoms with Crippen LogP contribution in [0.4, 0.5) is 28.9 Å². The van der Waals surface area contributed by atoms with Crippen molar-refractivity contribution in [1.82, 2.24) is 4.90 Å². The highest BCUT2D eigenvalue weighted by Gasteiger charge is 2.70. The number of halogens is 4. The van der Waals surface area contributed by atoms with Gasteiger partial charge in [0.25, 0.3) is 11.8 Å². The van der Waals surface area contributed by atoms with E-state index < -0.39 is 35.0 Å². The van der Waals surface area contributed by atoms with Crippen molar-refractivity contribution in [2.75, 3.05) is 16.8 Å². The number of nitrogens with zero attached hydrogens (tertiary/aromatic N) is 2. The van der Waals surface area contributed by atoms with Gasteiger partial charge in [0.2, 0.25) is 0 Å². The lowest BCUT2D eigenvalue weighted by atomic mass is 9.82. The molecule has 0 radical (unpaired) electrons. The Bertz CT molecular complexity index is 1510. The first kappa shape index (κ1) is 28.2. The van der Waals surface area contributed by atoms with Gasteiger partial charge in [0.15, 0.2) is 5.54 Å². The maximum absolute atomic E-state index is 15.0. The first-order chi connectivity index (χ1) is 20.0. The second-order valence-electron chi connectivity index (χ2n) is 11.7. The number of hydrogen-bond acceptors (Lipinski definition) is 3. The molecule has 2 saturated heterocycles. The number of nitrogens with one attached hydrogen (secondary N) is 1. The molecule has 0 aromatic heterocycles. The number of benzene rings is 3. The third-order valence-electron chi connectivity index (χ3n) is 9.08. The molecule has 6 rings (SSSR count). The van der Waals surface area contributed by atoms with Crippen LogP contribution in [0.5, 0.6) is 0 Å². The van der Waals surface area contributed by atoms with Crippen molar-refractivity contribution in [3.05, 3.63) is 94.3 Å². The molecule has 2 aliphatic heterocycles. The summed E-state index contributed by atoms with van der Waals surface area (Å²) in [6.07, 6.45) is 0.769. The normalized spacial score (nSPS) is 22.6. The van der Waals surface area contributed by atoms with E-state index in [0.717, 1.165) is 24.6 Å². The van der Waals surface area contributed by atoms with Gasteiger partial charge in [0.05, 0.1) is 17.2 Å². The summed E-state index contributed by atoms with van der Waals surface area (Å²) in [5.74, 6) is -1.54. The molecular weight excluding hydrogens is 546 g/mol. The van der Waals surface area contributed by atoms with E-state index in [1.165, 1.54) is 53.8 Å². The Kier molecular flexibility index (Phi) is 7.02. The van der Waals surface area contributed by atoms with Gasteiger partial charge < -0.3 is 10.2 Å². The lowest BCUT2D eigenvalue weighted by molar-refractivity contribution is -0.138. The van der Waals surface area contributed by atoms with Crippen molar-refractivity contribution in [2.24, 2.45) is 0 Å². The van der Waals surface area contributed by atoms with Gasteiger partial charge in [-0.2, -0.15) is 13.2 Å². The molecular formula is C33H33F4N3O2. The molecule has 42 heavy (non-hydrogen) atoms. The first-order valence-corrected chi connectivity index (χ1v) is 14.5. The first-order valence-electron chi connectivity index (χ1n) is 14.5. The second kappa shape index (κ2) is 10.4. The molecule has 1 spiro atoms. The van der Waals surface area contributed by atoms with E-state index in [0.29, 0.717) is 30.0 Å². The van der Waals surface area contributed by atoms with E-state index in [9.17, 15) is 22.8 Å². The second-order valence-corrected chi connectivity index (χ2v) is 11.7. The van der Waals surface area contributed by atoms with Gasteiger partial charge in [-0.05, 0) is 86.6 Å². The Hall–Kier alpha value is -3.88. The molecule has 1 aliphatic carbocycles. The van der Waals surface area contributed by atoms with E-state index in [1.807, 2.05) is 24.3 Å². The average molecular weight is 580 g/mol. The lowest BCUT2D eigenvalue weighted by Gasteiger charge is -2.41. The molecule has 2 heterocycles. The molecule has 2 atom stereocenters. The van der Waals surface area contributed by atoms with Gasteiger partial charge in [0, 0.05) is 24.0 Å².